The number of hydrogen-bond acceptors (Lipinski definition) is 5. The molecule has 0 radical (unpaired) electrons. The quantitative estimate of drug-likeness (QED) is 0.838. The lowest BCUT2D eigenvalue weighted by atomic mass is 10.2. The molecule has 5 nitrogen and oxygen atoms in total. The van der Waals surface area contributed by atoms with Gasteiger partial charge in [0.2, 0.25) is 0 Å². The predicted molar refractivity (Wildman–Crippen MR) is 68.4 cm³/mol. The van der Waals surface area contributed by atoms with E-state index in [0.29, 0.717) is 17.3 Å². The van der Waals surface area contributed by atoms with Gasteiger partial charge in [-0.25, -0.2) is 8.42 Å². The molecule has 1 aliphatic rings. The second kappa shape index (κ2) is 5.05. The Balaban J connectivity index is 2.15. The van der Waals surface area contributed by atoms with E-state index in [-0.39, 0.29) is 11.5 Å². The largest absolute Gasteiger partial charge is 0.485 e. The zero-order valence-corrected chi connectivity index (χ0v) is 11.1. The topological polar surface area (TPSA) is 89.6 Å². The maximum atomic E-state index is 11.3. The van der Waals surface area contributed by atoms with Gasteiger partial charge in [-0.15, -0.1) is 0 Å². The van der Waals surface area contributed by atoms with Crippen LogP contribution in [0.3, 0.4) is 0 Å². The Morgan fingerprint density at radius 2 is 2.17 bits per heavy atom. The summed E-state index contributed by atoms with van der Waals surface area (Å²) in [5.74, 6) is -0.103. The number of halogens is 1. The summed E-state index contributed by atoms with van der Waals surface area (Å²) < 4.78 is 28.1. The van der Waals surface area contributed by atoms with Crippen molar-refractivity contribution in [1.29, 1.82) is 0 Å². The summed E-state index contributed by atoms with van der Waals surface area (Å²) in [7, 11) is -3.23. The SMILES string of the molecule is NCc1ccc(OC2CS(=O)(=O)CC2O)c(Cl)c1. The fourth-order valence-corrected chi connectivity index (χ4v) is 3.75. The van der Waals surface area contributed by atoms with Crippen LogP contribution in [0.5, 0.6) is 5.75 Å². The summed E-state index contributed by atoms with van der Waals surface area (Å²) >= 11 is 5.99. The number of benzene rings is 1. The van der Waals surface area contributed by atoms with E-state index in [9.17, 15) is 13.5 Å². The summed E-state index contributed by atoms with van der Waals surface area (Å²) in [5, 5.41) is 9.97. The van der Waals surface area contributed by atoms with Crippen molar-refractivity contribution in [3.05, 3.63) is 28.8 Å². The van der Waals surface area contributed by atoms with Gasteiger partial charge in [-0.05, 0) is 17.7 Å². The van der Waals surface area contributed by atoms with E-state index >= 15 is 0 Å². The van der Waals surface area contributed by atoms with Gasteiger partial charge < -0.3 is 15.6 Å². The minimum absolute atomic E-state index is 0.191. The molecule has 0 aromatic heterocycles. The zero-order valence-electron chi connectivity index (χ0n) is 9.54. The van der Waals surface area contributed by atoms with Gasteiger partial charge in [0.25, 0.3) is 0 Å². The predicted octanol–water partition coefficient (Wildman–Crippen LogP) is 0.335. The molecule has 7 heteroatoms. The molecule has 0 bridgehead atoms. The van der Waals surface area contributed by atoms with Crippen LogP contribution < -0.4 is 10.5 Å². The number of hydrogen-bond donors (Lipinski definition) is 2. The molecule has 0 aliphatic carbocycles. The lowest BCUT2D eigenvalue weighted by Crippen LogP contribution is -2.29. The normalized spacial score (nSPS) is 26.2. The smallest absolute Gasteiger partial charge is 0.156 e. The number of nitrogens with two attached hydrogens (primary N) is 1. The summed E-state index contributed by atoms with van der Waals surface area (Å²) in [6.07, 6.45) is -1.78. The van der Waals surface area contributed by atoms with Crippen LogP contribution in [-0.4, -0.2) is 37.2 Å². The van der Waals surface area contributed by atoms with Gasteiger partial charge in [0, 0.05) is 6.54 Å². The van der Waals surface area contributed by atoms with Crippen molar-refractivity contribution in [1.82, 2.24) is 0 Å². The van der Waals surface area contributed by atoms with Crippen molar-refractivity contribution >= 4 is 21.4 Å². The number of ether oxygens (including phenoxy) is 1. The standard InChI is InChI=1S/C11H14ClNO4S/c12-8-3-7(4-13)1-2-10(8)17-11-6-18(15,16)5-9(11)14/h1-3,9,11,14H,4-6,13H2. The molecule has 1 fully saturated rings. The van der Waals surface area contributed by atoms with Crippen LogP contribution in [0.15, 0.2) is 18.2 Å². The van der Waals surface area contributed by atoms with Crippen LogP contribution in [0, 0.1) is 0 Å². The third-order valence-electron chi connectivity index (χ3n) is 2.78. The maximum absolute atomic E-state index is 11.3. The molecular formula is C11H14ClNO4S. The fraction of sp³-hybridized carbons (Fsp3) is 0.455. The highest BCUT2D eigenvalue weighted by molar-refractivity contribution is 7.91. The molecule has 2 rings (SSSR count). The van der Waals surface area contributed by atoms with E-state index in [2.05, 4.69) is 0 Å². The van der Waals surface area contributed by atoms with Gasteiger partial charge in [-0.3, -0.25) is 0 Å². The first-order valence-electron chi connectivity index (χ1n) is 5.45. The summed E-state index contributed by atoms with van der Waals surface area (Å²) in [6.45, 7) is 0.362. The molecule has 1 heterocycles. The van der Waals surface area contributed by atoms with Crippen molar-refractivity contribution in [2.24, 2.45) is 5.73 Å². The minimum Gasteiger partial charge on any atom is -0.485 e. The number of sulfone groups is 1. The highest BCUT2D eigenvalue weighted by Crippen LogP contribution is 2.28. The Morgan fingerprint density at radius 3 is 2.67 bits per heavy atom. The number of aliphatic hydroxyl groups excluding tert-OH is 1. The van der Waals surface area contributed by atoms with Crippen LogP contribution >= 0.6 is 11.6 Å². The summed E-state index contributed by atoms with van der Waals surface area (Å²) in [4.78, 5) is 0. The first-order valence-corrected chi connectivity index (χ1v) is 7.65. The van der Waals surface area contributed by atoms with Gasteiger partial charge in [-0.2, -0.15) is 0 Å². The van der Waals surface area contributed by atoms with E-state index in [0.717, 1.165) is 5.56 Å². The van der Waals surface area contributed by atoms with Crippen LogP contribution in [0.25, 0.3) is 0 Å². The molecular weight excluding hydrogens is 278 g/mol. The molecule has 0 saturated carbocycles. The molecule has 0 spiro atoms. The third kappa shape index (κ3) is 2.95. The Bertz CT molecular complexity index is 546. The van der Waals surface area contributed by atoms with Gasteiger partial charge in [0.15, 0.2) is 9.84 Å². The third-order valence-corrected chi connectivity index (χ3v) is 4.76. The molecule has 100 valence electrons. The highest BCUT2D eigenvalue weighted by Gasteiger charge is 2.38. The Labute approximate surface area is 110 Å². The summed E-state index contributed by atoms with van der Waals surface area (Å²) in [5.41, 5.74) is 6.32. The Kier molecular flexibility index (Phi) is 3.82. The van der Waals surface area contributed by atoms with Gasteiger partial charge in [0.1, 0.15) is 18.0 Å². The van der Waals surface area contributed by atoms with Gasteiger partial charge in [0.05, 0.1) is 16.5 Å². The van der Waals surface area contributed by atoms with E-state index in [4.69, 9.17) is 22.1 Å². The minimum atomic E-state index is -3.23. The molecule has 2 atom stereocenters. The van der Waals surface area contributed by atoms with E-state index in [1.165, 1.54) is 0 Å². The van der Waals surface area contributed by atoms with Crippen molar-refractivity contribution in [2.75, 3.05) is 11.5 Å². The molecule has 18 heavy (non-hydrogen) atoms. The van der Waals surface area contributed by atoms with Crippen molar-refractivity contribution in [3.8, 4) is 5.75 Å². The maximum Gasteiger partial charge on any atom is 0.156 e. The zero-order chi connectivity index (χ0) is 13.3. The van der Waals surface area contributed by atoms with Crippen molar-refractivity contribution in [3.63, 3.8) is 0 Å². The van der Waals surface area contributed by atoms with Gasteiger partial charge in [-0.1, -0.05) is 17.7 Å². The lowest BCUT2D eigenvalue weighted by molar-refractivity contribution is 0.0738. The summed E-state index contributed by atoms with van der Waals surface area (Å²) in [6, 6.07) is 5.03. The monoisotopic (exact) mass is 291 g/mol. The Morgan fingerprint density at radius 1 is 1.44 bits per heavy atom. The number of aliphatic hydroxyl groups is 1. The molecule has 3 N–H and O–H groups in total. The van der Waals surface area contributed by atoms with E-state index < -0.39 is 22.0 Å². The Hall–Kier alpha value is -0.820. The lowest BCUT2D eigenvalue weighted by Gasteiger charge is -2.17. The molecule has 0 amide bonds. The number of rotatable bonds is 3. The molecule has 1 aromatic rings. The average molecular weight is 292 g/mol. The highest BCUT2D eigenvalue weighted by atomic mass is 35.5. The van der Waals surface area contributed by atoms with Crippen LogP contribution in [-0.2, 0) is 16.4 Å². The van der Waals surface area contributed by atoms with Crippen LogP contribution in [0.4, 0.5) is 0 Å². The molecule has 1 aliphatic heterocycles. The molecule has 2 unspecified atom stereocenters. The first-order chi connectivity index (χ1) is 8.41. The van der Waals surface area contributed by atoms with Crippen molar-refractivity contribution in [2.45, 2.75) is 18.8 Å². The molecule has 1 saturated heterocycles. The second-order valence-corrected chi connectivity index (χ2v) is 6.83. The fourth-order valence-electron chi connectivity index (χ4n) is 1.84. The van der Waals surface area contributed by atoms with Crippen LogP contribution in [0.2, 0.25) is 5.02 Å². The van der Waals surface area contributed by atoms with Gasteiger partial charge >= 0.3 is 0 Å². The molecule has 1 aromatic carbocycles. The van der Waals surface area contributed by atoms with E-state index in [1.807, 2.05) is 0 Å². The van der Waals surface area contributed by atoms with Crippen molar-refractivity contribution < 1.29 is 18.3 Å². The first kappa shape index (κ1) is 13.6. The second-order valence-electron chi connectivity index (χ2n) is 4.27. The average Bonchev–Trinajstić information content (AvgIpc) is 2.54. The van der Waals surface area contributed by atoms with Crippen LogP contribution in [0.1, 0.15) is 5.56 Å². The van der Waals surface area contributed by atoms with E-state index in [1.54, 1.807) is 18.2 Å².